The smallest absolute Gasteiger partial charge is 0.260 e. The van der Waals surface area contributed by atoms with Crippen molar-refractivity contribution in [2.45, 2.75) is 46.6 Å². The molecule has 0 bridgehead atoms. The number of anilines is 1. The fourth-order valence-corrected chi connectivity index (χ4v) is 2.83. The molecule has 0 saturated heterocycles. The van der Waals surface area contributed by atoms with Crippen LogP contribution in [0.15, 0.2) is 24.3 Å². The van der Waals surface area contributed by atoms with Crippen molar-refractivity contribution in [3.63, 3.8) is 0 Å². The fourth-order valence-electron chi connectivity index (χ4n) is 2.83. The van der Waals surface area contributed by atoms with Gasteiger partial charge in [0.2, 0.25) is 0 Å². The number of fused-ring (bicyclic) bond motifs is 1. The van der Waals surface area contributed by atoms with Crippen LogP contribution in [0.4, 0.5) is 5.82 Å². The van der Waals surface area contributed by atoms with Gasteiger partial charge in [-0.05, 0) is 31.9 Å². The first-order valence-corrected chi connectivity index (χ1v) is 9.07. The van der Waals surface area contributed by atoms with Crippen LogP contribution in [0.5, 0.6) is 5.88 Å². The first kappa shape index (κ1) is 19.1. The molecule has 3 rings (SSSR count). The van der Waals surface area contributed by atoms with E-state index in [-0.39, 0.29) is 11.9 Å². The van der Waals surface area contributed by atoms with Gasteiger partial charge in [-0.25, -0.2) is 4.98 Å². The summed E-state index contributed by atoms with van der Waals surface area (Å²) in [6.07, 6.45) is -0.0475. The van der Waals surface area contributed by atoms with Gasteiger partial charge in [0.05, 0.1) is 6.10 Å². The molecule has 0 amide bonds. The highest BCUT2D eigenvalue weighted by atomic mass is 16.5. The SMILES string of the molecule is CCOCc1nc2c(N)nnc(OC(C)C)c2n1Cc1ccc(CN)cc1. The lowest BCUT2D eigenvalue weighted by Gasteiger charge is -2.13. The molecule has 1 aromatic carbocycles. The number of imidazole rings is 1. The second kappa shape index (κ2) is 8.32. The Labute approximate surface area is 158 Å². The van der Waals surface area contributed by atoms with Crippen LogP contribution in [0.1, 0.15) is 37.7 Å². The van der Waals surface area contributed by atoms with E-state index in [9.17, 15) is 0 Å². The van der Waals surface area contributed by atoms with Crippen molar-refractivity contribution >= 4 is 16.9 Å². The summed E-state index contributed by atoms with van der Waals surface area (Å²) < 4.78 is 13.5. The highest BCUT2D eigenvalue weighted by Gasteiger charge is 2.20. The first-order chi connectivity index (χ1) is 13.0. The van der Waals surface area contributed by atoms with Crippen molar-refractivity contribution in [2.75, 3.05) is 12.3 Å². The van der Waals surface area contributed by atoms with Crippen molar-refractivity contribution in [3.8, 4) is 5.88 Å². The van der Waals surface area contributed by atoms with Gasteiger partial charge in [0.1, 0.15) is 23.5 Å². The van der Waals surface area contributed by atoms with Crippen LogP contribution in [0.3, 0.4) is 0 Å². The van der Waals surface area contributed by atoms with Gasteiger partial charge in [-0.2, -0.15) is 0 Å². The zero-order chi connectivity index (χ0) is 19.4. The second-order valence-corrected chi connectivity index (χ2v) is 6.53. The Balaban J connectivity index is 2.11. The minimum absolute atomic E-state index is 0.0475. The van der Waals surface area contributed by atoms with Crippen molar-refractivity contribution in [1.82, 2.24) is 19.7 Å². The topological polar surface area (TPSA) is 114 Å². The molecule has 0 radical (unpaired) electrons. The lowest BCUT2D eigenvalue weighted by Crippen LogP contribution is -2.12. The van der Waals surface area contributed by atoms with E-state index in [1.807, 2.05) is 37.5 Å². The number of hydrogen-bond acceptors (Lipinski definition) is 7. The summed E-state index contributed by atoms with van der Waals surface area (Å²) in [5.74, 6) is 1.45. The number of aromatic nitrogens is 4. The molecule has 0 atom stereocenters. The van der Waals surface area contributed by atoms with Gasteiger partial charge in [0.25, 0.3) is 5.88 Å². The van der Waals surface area contributed by atoms with Crippen LogP contribution in [-0.4, -0.2) is 32.5 Å². The van der Waals surface area contributed by atoms with Crippen LogP contribution >= 0.6 is 0 Å². The molecule has 4 N–H and O–H groups in total. The molecule has 0 unspecified atom stereocenters. The Hall–Kier alpha value is -2.71. The molecule has 2 aromatic heterocycles. The molecule has 0 saturated carbocycles. The Morgan fingerprint density at radius 1 is 1.11 bits per heavy atom. The molecular weight excluding hydrogens is 344 g/mol. The molecule has 0 aliphatic heterocycles. The van der Waals surface area contributed by atoms with Crippen LogP contribution in [0.25, 0.3) is 11.0 Å². The van der Waals surface area contributed by atoms with Gasteiger partial charge in [-0.15, -0.1) is 10.2 Å². The maximum absolute atomic E-state index is 6.04. The summed E-state index contributed by atoms with van der Waals surface area (Å²) in [7, 11) is 0. The number of hydrogen-bond donors (Lipinski definition) is 2. The largest absolute Gasteiger partial charge is 0.472 e. The molecular formula is C19H26N6O2. The van der Waals surface area contributed by atoms with Crippen LogP contribution in [-0.2, 0) is 24.4 Å². The standard InChI is InChI=1S/C19H26N6O2/c1-4-26-11-15-22-16-17(19(27-12(2)3)24-23-18(16)21)25(15)10-14-7-5-13(9-20)6-8-14/h5-8,12H,4,9-11,20H2,1-3H3,(H2,21,23). The van der Waals surface area contributed by atoms with Crippen molar-refractivity contribution in [2.24, 2.45) is 5.73 Å². The van der Waals surface area contributed by atoms with E-state index in [0.29, 0.717) is 37.7 Å². The first-order valence-electron chi connectivity index (χ1n) is 9.07. The second-order valence-electron chi connectivity index (χ2n) is 6.53. The average molecular weight is 370 g/mol. The number of nitrogen functional groups attached to an aromatic ring is 1. The number of nitrogens with zero attached hydrogens (tertiary/aromatic N) is 4. The molecule has 8 heteroatoms. The molecule has 0 fully saturated rings. The Bertz CT molecular complexity index is 905. The minimum Gasteiger partial charge on any atom is -0.472 e. The van der Waals surface area contributed by atoms with Gasteiger partial charge >= 0.3 is 0 Å². The highest BCUT2D eigenvalue weighted by molar-refractivity contribution is 5.88. The van der Waals surface area contributed by atoms with E-state index in [2.05, 4.69) is 27.3 Å². The number of benzene rings is 1. The van der Waals surface area contributed by atoms with Gasteiger partial charge in [0, 0.05) is 19.7 Å². The third-order valence-corrected chi connectivity index (χ3v) is 4.12. The van der Waals surface area contributed by atoms with Gasteiger partial charge < -0.3 is 25.5 Å². The van der Waals surface area contributed by atoms with E-state index >= 15 is 0 Å². The van der Waals surface area contributed by atoms with E-state index < -0.39 is 0 Å². The molecule has 0 spiro atoms. The van der Waals surface area contributed by atoms with E-state index in [1.165, 1.54) is 0 Å². The Kier molecular flexibility index (Phi) is 5.88. The summed E-state index contributed by atoms with van der Waals surface area (Å²) in [6, 6.07) is 8.16. The maximum atomic E-state index is 6.04. The Morgan fingerprint density at radius 3 is 2.44 bits per heavy atom. The summed E-state index contributed by atoms with van der Waals surface area (Å²) in [6.45, 7) is 7.89. The van der Waals surface area contributed by atoms with E-state index in [4.69, 9.17) is 20.9 Å². The molecule has 0 aliphatic rings. The molecule has 8 nitrogen and oxygen atoms in total. The van der Waals surface area contributed by atoms with Gasteiger partial charge in [-0.1, -0.05) is 24.3 Å². The fraction of sp³-hybridized carbons (Fsp3) is 0.421. The lowest BCUT2D eigenvalue weighted by molar-refractivity contribution is 0.126. The van der Waals surface area contributed by atoms with Crippen molar-refractivity contribution < 1.29 is 9.47 Å². The quantitative estimate of drug-likeness (QED) is 0.625. The van der Waals surface area contributed by atoms with Crippen LogP contribution in [0.2, 0.25) is 0 Å². The van der Waals surface area contributed by atoms with E-state index in [1.54, 1.807) is 0 Å². The summed E-state index contributed by atoms with van der Waals surface area (Å²) in [5, 5.41) is 8.15. The average Bonchev–Trinajstić information content (AvgIpc) is 3.02. The predicted molar refractivity (Wildman–Crippen MR) is 104 cm³/mol. The summed E-state index contributed by atoms with van der Waals surface area (Å²) >= 11 is 0. The zero-order valence-electron chi connectivity index (χ0n) is 16.0. The highest BCUT2D eigenvalue weighted by Crippen LogP contribution is 2.29. The minimum atomic E-state index is -0.0475. The molecule has 2 heterocycles. The summed E-state index contributed by atoms with van der Waals surface area (Å²) in [4.78, 5) is 4.66. The molecule has 27 heavy (non-hydrogen) atoms. The third kappa shape index (κ3) is 4.17. The zero-order valence-corrected chi connectivity index (χ0v) is 16.0. The van der Waals surface area contributed by atoms with Crippen LogP contribution in [0, 0.1) is 0 Å². The molecule has 3 aromatic rings. The lowest BCUT2D eigenvalue weighted by atomic mass is 10.1. The Morgan fingerprint density at radius 2 is 1.81 bits per heavy atom. The van der Waals surface area contributed by atoms with Crippen molar-refractivity contribution in [3.05, 3.63) is 41.2 Å². The predicted octanol–water partition coefficient (Wildman–Crippen LogP) is 2.24. The maximum Gasteiger partial charge on any atom is 0.260 e. The van der Waals surface area contributed by atoms with E-state index in [0.717, 1.165) is 22.5 Å². The monoisotopic (exact) mass is 370 g/mol. The normalized spacial score (nSPS) is 11.4. The number of rotatable bonds is 8. The number of ether oxygens (including phenoxy) is 2. The third-order valence-electron chi connectivity index (χ3n) is 4.12. The number of nitrogens with two attached hydrogens (primary N) is 2. The van der Waals surface area contributed by atoms with Gasteiger partial charge in [-0.3, -0.25) is 0 Å². The van der Waals surface area contributed by atoms with Gasteiger partial charge in [0.15, 0.2) is 5.82 Å². The van der Waals surface area contributed by atoms with Crippen LogP contribution < -0.4 is 16.2 Å². The molecule has 0 aliphatic carbocycles. The summed E-state index contributed by atoms with van der Waals surface area (Å²) in [5.41, 5.74) is 15.2. The van der Waals surface area contributed by atoms with Crippen molar-refractivity contribution in [1.29, 1.82) is 0 Å². The molecule has 144 valence electrons.